The minimum absolute atomic E-state index is 0.144. The largest absolute Gasteiger partial charge is 0.338 e. The van der Waals surface area contributed by atoms with Gasteiger partial charge in [-0.3, -0.25) is 9.69 Å². The molecule has 0 N–H and O–H groups in total. The first-order valence-corrected chi connectivity index (χ1v) is 12.1. The topological polar surface area (TPSA) is 23.6 Å². The molecule has 0 saturated carbocycles. The monoisotopic (exact) mass is 442 g/mol. The highest BCUT2D eigenvalue weighted by molar-refractivity contribution is 6.07. The van der Waals surface area contributed by atoms with Crippen LogP contribution in [0.5, 0.6) is 0 Å². The Morgan fingerprint density at radius 3 is 2.48 bits per heavy atom. The number of nitrogens with zero attached hydrogens (tertiary/aromatic N) is 2. The minimum atomic E-state index is -0.161. The Morgan fingerprint density at radius 1 is 0.909 bits per heavy atom. The number of carbonyl (C=O) groups is 1. The second-order valence-electron chi connectivity index (χ2n) is 9.38. The van der Waals surface area contributed by atoms with Crippen molar-refractivity contribution < 1.29 is 9.18 Å². The van der Waals surface area contributed by atoms with Gasteiger partial charge in [-0.25, -0.2) is 4.39 Å². The van der Waals surface area contributed by atoms with Crippen LogP contribution in [0.15, 0.2) is 78.9 Å². The maximum atomic E-state index is 13.2. The summed E-state index contributed by atoms with van der Waals surface area (Å²) in [7, 11) is 0. The van der Waals surface area contributed by atoms with E-state index < -0.39 is 0 Å². The summed E-state index contributed by atoms with van der Waals surface area (Å²) in [6.45, 7) is 4.72. The molecule has 2 heterocycles. The van der Waals surface area contributed by atoms with E-state index in [0.29, 0.717) is 11.8 Å². The molecule has 170 valence electrons. The second kappa shape index (κ2) is 9.88. The van der Waals surface area contributed by atoms with Crippen molar-refractivity contribution in [1.82, 2.24) is 9.80 Å². The summed E-state index contributed by atoms with van der Waals surface area (Å²) >= 11 is 0. The zero-order chi connectivity index (χ0) is 22.6. The van der Waals surface area contributed by atoms with Crippen molar-refractivity contribution in [2.75, 3.05) is 32.7 Å². The number of likely N-dealkylation sites (tertiary alicyclic amines) is 2. The summed E-state index contributed by atoms with van der Waals surface area (Å²) in [5.41, 5.74) is 2.07. The van der Waals surface area contributed by atoms with Crippen molar-refractivity contribution in [2.24, 2.45) is 5.92 Å². The number of rotatable bonds is 5. The number of hydrogen-bond donors (Lipinski definition) is 0. The average molecular weight is 443 g/mol. The van der Waals surface area contributed by atoms with Gasteiger partial charge < -0.3 is 4.90 Å². The van der Waals surface area contributed by atoms with E-state index in [0.717, 1.165) is 68.3 Å². The van der Waals surface area contributed by atoms with Crippen molar-refractivity contribution in [3.05, 3.63) is 95.8 Å². The zero-order valence-electron chi connectivity index (χ0n) is 19.0. The molecule has 4 heteroatoms. The van der Waals surface area contributed by atoms with Gasteiger partial charge in [0.2, 0.25) is 0 Å². The summed E-state index contributed by atoms with van der Waals surface area (Å²) < 4.78 is 13.2. The third-order valence-corrected chi connectivity index (χ3v) is 7.23. The third kappa shape index (κ3) is 5.01. The van der Waals surface area contributed by atoms with Crippen molar-refractivity contribution >= 4 is 16.7 Å². The van der Waals surface area contributed by atoms with E-state index in [1.165, 1.54) is 5.56 Å². The molecule has 3 nitrogen and oxygen atoms in total. The predicted molar refractivity (Wildman–Crippen MR) is 132 cm³/mol. The molecular weight excluding hydrogens is 411 g/mol. The van der Waals surface area contributed by atoms with Gasteiger partial charge in [0.15, 0.2) is 0 Å². The van der Waals surface area contributed by atoms with Crippen molar-refractivity contribution in [3.8, 4) is 0 Å². The molecule has 2 fully saturated rings. The second-order valence-corrected chi connectivity index (χ2v) is 9.38. The lowest BCUT2D eigenvalue weighted by atomic mass is 9.89. The molecule has 2 saturated heterocycles. The lowest BCUT2D eigenvalue weighted by Crippen LogP contribution is -2.33. The van der Waals surface area contributed by atoms with E-state index in [4.69, 9.17) is 0 Å². The first kappa shape index (κ1) is 21.8. The number of benzene rings is 3. The molecule has 0 radical (unpaired) electrons. The van der Waals surface area contributed by atoms with E-state index in [2.05, 4.69) is 29.2 Å². The summed E-state index contributed by atoms with van der Waals surface area (Å²) in [6, 6.07) is 21.1. The van der Waals surface area contributed by atoms with Crippen LogP contribution >= 0.6 is 0 Å². The van der Waals surface area contributed by atoms with E-state index in [9.17, 15) is 9.18 Å². The Hall–Kier alpha value is -2.98. The molecule has 0 aromatic heterocycles. The fourth-order valence-corrected chi connectivity index (χ4v) is 5.30. The SMILES string of the molecule is O=C(c1cccc2ccccc12)N1CC[C@H](C=CCN2CCC(c3ccc(F)cc3)CC2)C1. The van der Waals surface area contributed by atoms with Crippen LogP contribution in [0.3, 0.4) is 0 Å². The summed E-state index contributed by atoms with van der Waals surface area (Å²) in [4.78, 5) is 17.7. The van der Waals surface area contributed by atoms with E-state index in [1.807, 2.05) is 47.4 Å². The van der Waals surface area contributed by atoms with Gasteiger partial charge >= 0.3 is 0 Å². The summed E-state index contributed by atoms with van der Waals surface area (Å²) in [6.07, 6.45) is 7.86. The molecule has 2 aliphatic heterocycles. The van der Waals surface area contributed by atoms with E-state index in [1.54, 1.807) is 12.1 Å². The Morgan fingerprint density at radius 2 is 1.67 bits per heavy atom. The normalized spacial score (nSPS) is 20.2. The van der Waals surface area contributed by atoms with E-state index in [-0.39, 0.29) is 11.7 Å². The third-order valence-electron chi connectivity index (χ3n) is 7.23. The van der Waals surface area contributed by atoms with Gasteiger partial charge in [0.25, 0.3) is 5.91 Å². The number of hydrogen-bond acceptors (Lipinski definition) is 2. The number of amides is 1. The lowest BCUT2D eigenvalue weighted by Gasteiger charge is -2.31. The van der Waals surface area contributed by atoms with Crippen molar-refractivity contribution in [3.63, 3.8) is 0 Å². The molecular formula is C29H31FN2O. The van der Waals surface area contributed by atoms with Crippen LogP contribution in [0.4, 0.5) is 4.39 Å². The van der Waals surface area contributed by atoms with Gasteiger partial charge in [-0.2, -0.15) is 0 Å². The zero-order valence-corrected chi connectivity index (χ0v) is 19.0. The van der Waals surface area contributed by atoms with E-state index >= 15 is 0 Å². The predicted octanol–water partition coefficient (Wildman–Crippen LogP) is 5.88. The number of piperidine rings is 1. The first-order chi connectivity index (χ1) is 16.2. The Kier molecular flexibility index (Phi) is 6.54. The fraction of sp³-hybridized carbons (Fsp3) is 0.345. The fourth-order valence-electron chi connectivity index (χ4n) is 5.30. The van der Waals surface area contributed by atoms with Crippen molar-refractivity contribution in [1.29, 1.82) is 0 Å². The molecule has 3 aromatic carbocycles. The number of fused-ring (bicyclic) bond motifs is 1. The highest BCUT2D eigenvalue weighted by atomic mass is 19.1. The Balaban J connectivity index is 1.11. The van der Waals surface area contributed by atoms with Crippen LogP contribution in [0.2, 0.25) is 0 Å². The standard InChI is InChI=1S/C29H31FN2O/c30-26-12-10-23(11-13-26)24-15-18-31(19-16-24)17-4-5-22-14-20-32(21-22)29(33)28-9-3-7-25-6-1-2-8-27(25)28/h1-13,22,24H,14-21H2/t22-/m0/s1. The smallest absolute Gasteiger partial charge is 0.254 e. The van der Waals surface area contributed by atoms with Gasteiger partial charge in [0.1, 0.15) is 5.82 Å². The highest BCUT2D eigenvalue weighted by Crippen LogP contribution is 2.28. The molecule has 0 unspecified atom stereocenters. The average Bonchev–Trinajstić information content (AvgIpc) is 3.33. The maximum Gasteiger partial charge on any atom is 0.254 e. The molecule has 0 spiro atoms. The van der Waals surface area contributed by atoms with Crippen LogP contribution in [-0.2, 0) is 0 Å². The first-order valence-electron chi connectivity index (χ1n) is 12.1. The maximum absolute atomic E-state index is 13.2. The molecule has 2 aliphatic rings. The molecule has 33 heavy (non-hydrogen) atoms. The molecule has 1 atom stereocenters. The Labute approximate surface area is 195 Å². The van der Waals surface area contributed by atoms with Crippen LogP contribution in [-0.4, -0.2) is 48.4 Å². The van der Waals surface area contributed by atoms with Gasteiger partial charge in [-0.05, 0) is 78.7 Å². The molecule has 0 aliphatic carbocycles. The van der Waals surface area contributed by atoms with Crippen LogP contribution in [0.1, 0.15) is 41.1 Å². The lowest BCUT2D eigenvalue weighted by molar-refractivity contribution is 0.0791. The quantitative estimate of drug-likeness (QED) is 0.461. The molecule has 1 amide bonds. The highest BCUT2D eigenvalue weighted by Gasteiger charge is 2.26. The number of carbonyl (C=O) groups excluding carboxylic acids is 1. The summed E-state index contributed by atoms with van der Waals surface area (Å²) in [5.74, 6) is 0.950. The van der Waals surface area contributed by atoms with Gasteiger partial charge in [-0.1, -0.05) is 60.7 Å². The summed E-state index contributed by atoms with van der Waals surface area (Å²) in [5, 5.41) is 2.15. The minimum Gasteiger partial charge on any atom is -0.338 e. The molecule has 5 rings (SSSR count). The Bertz CT molecular complexity index is 1130. The number of halogens is 1. The van der Waals surface area contributed by atoms with Crippen molar-refractivity contribution in [2.45, 2.75) is 25.2 Å². The van der Waals surface area contributed by atoms with Gasteiger partial charge in [0.05, 0.1) is 0 Å². The van der Waals surface area contributed by atoms with Gasteiger partial charge in [0, 0.05) is 25.2 Å². The van der Waals surface area contributed by atoms with Crippen LogP contribution < -0.4 is 0 Å². The molecule has 0 bridgehead atoms. The van der Waals surface area contributed by atoms with Crippen LogP contribution in [0, 0.1) is 11.7 Å². The van der Waals surface area contributed by atoms with Gasteiger partial charge in [-0.15, -0.1) is 0 Å². The van der Waals surface area contributed by atoms with Crippen LogP contribution in [0.25, 0.3) is 10.8 Å². The molecule has 3 aromatic rings.